The summed E-state index contributed by atoms with van der Waals surface area (Å²) in [7, 11) is -1.51. The number of nitrogens with one attached hydrogen (secondary N) is 1. The van der Waals surface area contributed by atoms with E-state index in [0.717, 1.165) is 20.8 Å². The van der Waals surface area contributed by atoms with Gasteiger partial charge in [-0.2, -0.15) is 0 Å². The molecule has 0 unspecified atom stereocenters. The number of amides is 1. The molecular weight excluding hydrogens is 385 g/mol. The summed E-state index contributed by atoms with van der Waals surface area (Å²) >= 11 is 3.43. The van der Waals surface area contributed by atoms with Gasteiger partial charge in [0.25, 0.3) is 0 Å². The van der Waals surface area contributed by atoms with Gasteiger partial charge in [0, 0.05) is 10.2 Å². The number of rotatable bonds is 4. The minimum atomic E-state index is -1.51. The van der Waals surface area contributed by atoms with Gasteiger partial charge in [0.2, 0.25) is 0 Å². The number of benzene rings is 3. The van der Waals surface area contributed by atoms with E-state index in [9.17, 15) is 4.79 Å². The molecule has 0 bridgehead atoms. The highest BCUT2D eigenvalue weighted by Gasteiger charge is 2.10. The second-order valence-corrected chi connectivity index (χ2v) is 6.44. The van der Waals surface area contributed by atoms with Crippen molar-refractivity contribution in [2.75, 3.05) is 5.32 Å². The second kappa shape index (κ2) is 7.69. The average molecular weight is 400 g/mol. The van der Waals surface area contributed by atoms with Crippen LogP contribution in [0.4, 0.5) is 10.5 Å². The molecule has 0 aliphatic carbocycles. The lowest BCUT2D eigenvalue weighted by Crippen LogP contribution is -2.29. The zero-order chi connectivity index (χ0) is 17.8. The summed E-state index contributed by atoms with van der Waals surface area (Å²) in [6.45, 7) is 0.0914. The topological polar surface area (TPSA) is 78.8 Å². The molecule has 0 radical (unpaired) electrons. The van der Waals surface area contributed by atoms with Crippen molar-refractivity contribution in [3.05, 3.63) is 70.7 Å². The molecule has 0 spiro atoms. The molecule has 25 heavy (non-hydrogen) atoms. The van der Waals surface area contributed by atoms with E-state index in [1.54, 1.807) is 24.3 Å². The summed E-state index contributed by atoms with van der Waals surface area (Å²) in [5.74, 6) is 0. The van der Waals surface area contributed by atoms with Crippen molar-refractivity contribution in [2.45, 2.75) is 6.61 Å². The number of ether oxygens (including phenoxy) is 1. The number of hydrogen-bond donors (Lipinski definition) is 3. The average Bonchev–Trinajstić information content (AvgIpc) is 2.60. The van der Waals surface area contributed by atoms with Crippen LogP contribution in [-0.4, -0.2) is 23.3 Å². The van der Waals surface area contributed by atoms with E-state index in [-0.39, 0.29) is 6.61 Å². The van der Waals surface area contributed by atoms with Gasteiger partial charge in [-0.3, -0.25) is 5.32 Å². The van der Waals surface area contributed by atoms with Crippen LogP contribution in [0.5, 0.6) is 0 Å². The monoisotopic (exact) mass is 399 g/mol. The number of carbonyl (C=O) groups excluding carboxylic acids is 1. The molecule has 0 saturated carbocycles. The van der Waals surface area contributed by atoms with E-state index in [1.165, 1.54) is 0 Å². The number of halogens is 1. The second-order valence-electron chi connectivity index (χ2n) is 5.52. The summed E-state index contributed by atoms with van der Waals surface area (Å²) in [4.78, 5) is 11.9. The van der Waals surface area contributed by atoms with E-state index >= 15 is 0 Å². The van der Waals surface area contributed by atoms with Crippen LogP contribution in [0.3, 0.4) is 0 Å². The molecule has 0 aromatic heterocycles. The molecule has 0 aliphatic rings. The molecule has 1 amide bonds. The molecule has 0 heterocycles. The van der Waals surface area contributed by atoms with Crippen molar-refractivity contribution in [3.63, 3.8) is 0 Å². The van der Waals surface area contributed by atoms with Crippen molar-refractivity contribution in [1.82, 2.24) is 0 Å². The van der Waals surface area contributed by atoms with Crippen LogP contribution in [0.2, 0.25) is 0 Å². The fraction of sp³-hybridized carbons (Fsp3) is 0.0556. The van der Waals surface area contributed by atoms with Gasteiger partial charge in [0.1, 0.15) is 6.61 Å². The molecule has 5 nitrogen and oxygen atoms in total. The largest absolute Gasteiger partial charge is 0.488 e. The maximum atomic E-state index is 11.9. The molecule has 0 fully saturated rings. The summed E-state index contributed by atoms with van der Waals surface area (Å²) in [6.07, 6.45) is -0.553. The Bertz CT molecular complexity index is 899. The summed E-state index contributed by atoms with van der Waals surface area (Å²) < 4.78 is 6.18. The molecule has 3 N–H and O–H groups in total. The number of anilines is 1. The van der Waals surface area contributed by atoms with E-state index in [4.69, 9.17) is 14.8 Å². The molecule has 3 rings (SSSR count). The highest BCUT2D eigenvalue weighted by molar-refractivity contribution is 9.10. The Hall–Kier alpha value is -2.35. The number of hydrogen-bond acceptors (Lipinski definition) is 4. The van der Waals surface area contributed by atoms with Crippen LogP contribution in [0.25, 0.3) is 10.8 Å². The Kier molecular flexibility index (Phi) is 5.38. The quantitative estimate of drug-likeness (QED) is 0.589. The number of fused-ring (bicyclic) bond motifs is 1. The van der Waals surface area contributed by atoms with Crippen molar-refractivity contribution in [2.24, 2.45) is 0 Å². The van der Waals surface area contributed by atoms with Gasteiger partial charge in [-0.25, -0.2) is 4.79 Å². The van der Waals surface area contributed by atoms with Gasteiger partial charge in [0.05, 0.1) is 0 Å². The maximum Gasteiger partial charge on any atom is 0.488 e. The predicted octanol–water partition coefficient (Wildman–Crippen LogP) is 3.03. The Labute approximate surface area is 153 Å². The van der Waals surface area contributed by atoms with Crippen LogP contribution in [0.1, 0.15) is 5.56 Å². The molecule has 0 atom stereocenters. The molecule has 0 saturated heterocycles. The van der Waals surface area contributed by atoms with Crippen LogP contribution >= 0.6 is 15.9 Å². The normalized spacial score (nSPS) is 10.5. The van der Waals surface area contributed by atoms with Crippen LogP contribution in [-0.2, 0) is 11.3 Å². The van der Waals surface area contributed by atoms with E-state index in [0.29, 0.717) is 11.2 Å². The summed E-state index contributed by atoms with van der Waals surface area (Å²) in [6, 6.07) is 18.0. The van der Waals surface area contributed by atoms with Crippen molar-refractivity contribution < 1.29 is 19.6 Å². The Morgan fingerprint density at radius 1 is 1.00 bits per heavy atom. The van der Waals surface area contributed by atoms with Crippen LogP contribution in [0, 0.1) is 0 Å². The van der Waals surface area contributed by atoms with Gasteiger partial charge in [-0.05, 0) is 46.1 Å². The van der Waals surface area contributed by atoms with Crippen molar-refractivity contribution in [1.29, 1.82) is 0 Å². The first kappa shape index (κ1) is 17.5. The minimum absolute atomic E-state index is 0.0914. The standard InChI is InChI=1S/C18H15BBrNO4/c20-16-7-3-14-10-17(8-4-13(14)9-16)21-18(22)25-11-12-1-5-15(6-2-12)19(23)24/h1-10,23-24H,11H2,(H,21,22). The Balaban J connectivity index is 1.59. The van der Waals surface area contributed by atoms with E-state index < -0.39 is 13.2 Å². The smallest absolute Gasteiger partial charge is 0.444 e. The van der Waals surface area contributed by atoms with Crippen LogP contribution in [0.15, 0.2) is 65.1 Å². The lowest BCUT2D eigenvalue weighted by molar-refractivity contribution is 0.155. The van der Waals surface area contributed by atoms with Crippen molar-refractivity contribution in [3.8, 4) is 0 Å². The lowest BCUT2D eigenvalue weighted by atomic mass is 9.80. The fourth-order valence-corrected chi connectivity index (χ4v) is 2.76. The first-order valence-corrected chi connectivity index (χ1v) is 8.38. The highest BCUT2D eigenvalue weighted by Crippen LogP contribution is 2.23. The summed E-state index contributed by atoms with van der Waals surface area (Å²) in [5.41, 5.74) is 1.79. The van der Waals surface area contributed by atoms with Gasteiger partial charge in [0.15, 0.2) is 0 Å². The third-order valence-corrected chi connectivity index (χ3v) is 4.19. The predicted molar refractivity (Wildman–Crippen MR) is 102 cm³/mol. The number of carbonyl (C=O) groups is 1. The SMILES string of the molecule is O=C(Nc1ccc2cc(Br)ccc2c1)OCc1ccc(B(O)O)cc1. The van der Waals surface area contributed by atoms with Gasteiger partial charge in [-0.1, -0.05) is 52.3 Å². The van der Waals surface area contributed by atoms with Crippen molar-refractivity contribution >= 4 is 51.1 Å². The minimum Gasteiger partial charge on any atom is -0.444 e. The Morgan fingerprint density at radius 2 is 1.68 bits per heavy atom. The Morgan fingerprint density at radius 3 is 2.40 bits per heavy atom. The molecule has 7 heteroatoms. The maximum absolute atomic E-state index is 11.9. The highest BCUT2D eigenvalue weighted by atomic mass is 79.9. The first-order chi connectivity index (χ1) is 12.0. The summed E-state index contributed by atoms with van der Waals surface area (Å²) in [5, 5.41) is 22.9. The third-order valence-electron chi connectivity index (χ3n) is 3.70. The van der Waals surface area contributed by atoms with Gasteiger partial charge < -0.3 is 14.8 Å². The van der Waals surface area contributed by atoms with Gasteiger partial charge in [-0.15, -0.1) is 0 Å². The molecule has 126 valence electrons. The van der Waals surface area contributed by atoms with E-state index in [2.05, 4.69) is 21.2 Å². The molecule has 0 aliphatic heterocycles. The molecular formula is C18H15BBrNO4. The lowest BCUT2D eigenvalue weighted by Gasteiger charge is -2.09. The third kappa shape index (κ3) is 4.60. The van der Waals surface area contributed by atoms with E-state index in [1.807, 2.05) is 36.4 Å². The fourth-order valence-electron chi connectivity index (χ4n) is 2.38. The first-order valence-electron chi connectivity index (χ1n) is 7.59. The molecule has 3 aromatic carbocycles. The van der Waals surface area contributed by atoms with Gasteiger partial charge >= 0.3 is 13.2 Å². The zero-order valence-electron chi connectivity index (χ0n) is 13.1. The zero-order valence-corrected chi connectivity index (χ0v) is 14.7. The molecule has 3 aromatic rings. The van der Waals surface area contributed by atoms with Crippen LogP contribution < -0.4 is 10.8 Å².